The summed E-state index contributed by atoms with van der Waals surface area (Å²) in [5.41, 5.74) is 5.79. The molecular weight excluding hydrogens is 592 g/mol. The van der Waals surface area contributed by atoms with E-state index in [0.717, 1.165) is 38.5 Å². The minimum Gasteiger partial charge on any atom is -0.370 e. The van der Waals surface area contributed by atoms with Gasteiger partial charge in [-0.15, -0.1) is 12.4 Å². The van der Waals surface area contributed by atoms with E-state index in [1.54, 1.807) is 9.80 Å². The predicted octanol–water partition coefficient (Wildman–Crippen LogP) is -0.772. The van der Waals surface area contributed by atoms with Crippen molar-refractivity contribution in [2.45, 2.75) is 63.5 Å². The van der Waals surface area contributed by atoms with Crippen LogP contribution in [0.25, 0.3) is 0 Å². The molecule has 4 rings (SSSR count). The Kier molecular flexibility index (Phi) is 13.1. The first-order valence-electron chi connectivity index (χ1n) is 15.0. The third-order valence-electron chi connectivity index (χ3n) is 7.93. The number of nitrogens with zero attached hydrogens (tertiary/aromatic N) is 5. The second-order valence-electron chi connectivity index (χ2n) is 11.3. The van der Waals surface area contributed by atoms with Crippen LogP contribution in [-0.2, 0) is 19.2 Å². The largest absolute Gasteiger partial charge is 0.370 e. The number of amides is 5. The average Bonchev–Trinajstić information content (AvgIpc) is 3.85. The van der Waals surface area contributed by atoms with Crippen LogP contribution in [-0.4, -0.2) is 118 Å². The van der Waals surface area contributed by atoms with Crippen LogP contribution in [0.3, 0.4) is 0 Å². The number of hydrogen-bond donors (Lipinski definition) is 5. The number of carbonyl (C=O) groups excluding carboxylic acids is 5. The van der Waals surface area contributed by atoms with E-state index in [2.05, 4.69) is 25.9 Å². The van der Waals surface area contributed by atoms with Gasteiger partial charge in [-0.25, -0.2) is 4.98 Å². The van der Waals surface area contributed by atoms with Crippen LogP contribution in [0, 0.1) is 11.3 Å². The van der Waals surface area contributed by atoms with Crippen LogP contribution in [0.2, 0.25) is 0 Å². The van der Waals surface area contributed by atoms with Crippen molar-refractivity contribution in [3.63, 3.8) is 0 Å². The van der Waals surface area contributed by atoms with Crippen molar-refractivity contribution in [2.24, 2.45) is 11.7 Å². The molecule has 1 aromatic rings. The minimum atomic E-state index is -1.14. The number of nitrogens with one attached hydrogen (secondary N) is 4. The van der Waals surface area contributed by atoms with E-state index in [4.69, 9.17) is 11.1 Å². The Bertz CT molecular complexity index is 1180. The van der Waals surface area contributed by atoms with E-state index in [9.17, 15) is 24.0 Å². The monoisotopic (exact) mass is 634 g/mol. The van der Waals surface area contributed by atoms with Crippen LogP contribution in [0.15, 0.2) is 18.6 Å². The summed E-state index contributed by atoms with van der Waals surface area (Å²) < 4.78 is 0. The Morgan fingerprint density at radius 3 is 2.55 bits per heavy atom. The molecule has 1 aliphatic carbocycles. The molecule has 2 saturated heterocycles. The van der Waals surface area contributed by atoms with Gasteiger partial charge in [-0.2, -0.15) is 0 Å². The second-order valence-corrected chi connectivity index (χ2v) is 11.3. The van der Waals surface area contributed by atoms with Gasteiger partial charge in [0.2, 0.25) is 23.6 Å². The maximum Gasteiger partial charge on any atom is 0.271 e. The topological polar surface area (TPSA) is 207 Å². The Labute approximate surface area is 263 Å². The molecule has 6 N–H and O–H groups in total. The van der Waals surface area contributed by atoms with Crippen molar-refractivity contribution >= 4 is 47.9 Å². The predicted molar refractivity (Wildman–Crippen MR) is 163 cm³/mol. The number of rotatable bonds is 13. The highest BCUT2D eigenvalue weighted by atomic mass is 35.5. The van der Waals surface area contributed by atoms with Gasteiger partial charge >= 0.3 is 0 Å². The van der Waals surface area contributed by atoms with Gasteiger partial charge < -0.3 is 36.4 Å². The Balaban J connectivity index is 0.00000529. The van der Waals surface area contributed by atoms with Crippen LogP contribution in [0.5, 0.6) is 0 Å². The maximum atomic E-state index is 13.8. The van der Waals surface area contributed by atoms with Crippen molar-refractivity contribution in [1.29, 1.82) is 5.41 Å². The van der Waals surface area contributed by atoms with Gasteiger partial charge in [0.1, 0.15) is 11.7 Å². The fraction of sp³-hybridized carbons (Fsp3) is 0.643. The molecule has 242 valence electrons. The third kappa shape index (κ3) is 10.3. The van der Waals surface area contributed by atoms with Crippen molar-refractivity contribution in [1.82, 2.24) is 40.6 Å². The number of hydrogen-bond acceptors (Lipinski definition) is 8. The summed E-state index contributed by atoms with van der Waals surface area (Å²) in [6, 6.07) is -1.18. The van der Waals surface area contributed by atoms with Crippen molar-refractivity contribution in [3.8, 4) is 0 Å². The molecule has 0 radical (unpaired) electrons. The highest BCUT2D eigenvalue weighted by Crippen LogP contribution is 2.27. The lowest BCUT2D eigenvalue weighted by Crippen LogP contribution is -2.54. The molecule has 0 aromatic carbocycles. The fourth-order valence-corrected chi connectivity index (χ4v) is 5.46. The molecule has 0 bridgehead atoms. The van der Waals surface area contributed by atoms with E-state index in [0.29, 0.717) is 32.6 Å². The fourth-order valence-electron chi connectivity index (χ4n) is 5.46. The van der Waals surface area contributed by atoms with Crippen LogP contribution in [0.4, 0.5) is 0 Å². The molecule has 0 spiro atoms. The van der Waals surface area contributed by atoms with Gasteiger partial charge in [-0.3, -0.25) is 34.4 Å². The first-order chi connectivity index (χ1) is 20.7. The van der Waals surface area contributed by atoms with Crippen molar-refractivity contribution in [3.05, 3.63) is 24.3 Å². The number of nitrogens with two attached hydrogens (primary N) is 1. The molecule has 2 aliphatic heterocycles. The molecule has 2 atom stereocenters. The van der Waals surface area contributed by atoms with E-state index in [1.807, 2.05) is 0 Å². The molecule has 16 heteroatoms. The number of guanidine groups is 1. The Morgan fingerprint density at radius 2 is 1.86 bits per heavy atom. The average molecular weight is 635 g/mol. The van der Waals surface area contributed by atoms with Gasteiger partial charge in [-0.05, 0) is 44.4 Å². The van der Waals surface area contributed by atoms with Gasteiger partial charge in [0.15, 0.2) is 5.96 Å². The Hall–Kier alpha value is -4.01. The molecule has 3 heterocycles. The normalized spacial score (nSPS) is 18.8. The summed E-state index contributed by atoms with van der Waals surface area (Å²) in [4.78, 5) is 77.2. The molecule has 5 amide bonds. The zero-order valence-corrected chi connectivity index (χ0v) is 25.7. The molecule has 0 unspecified atom stereocenters. The minimum absolute atomic E-state index is 0. The summed E-state index contributed by atoms with van der Waals surface area (Å²) in [6.45, 7) is 2.28. The van der Waals surface area contributed by atoms with Crippen molar-refractivity contribution < 1.29 is 24.0 Å². The van der Waals surface area contributed by atoms with Gasteiger partial charge in [-0.1, -0.05) is 0 Å². The second kappa shape index (κ2) is 16.7. The molecule has 1 saturated carbocycles. The zero-order chi connectivity index (χ0) is 30.8. The molecule has 15 nitrogen and oxygen atoms in total. The number of halogens is 1. The number of aromatic nitrogens is 2. The maximum absolute atomic E-state index is 13.8. The Morgan fingerprint density at radius 1 is 1.07 bits per heavy atom. The quantitative estimate of drug-likeness (QED) is 0.136. The van der Waals surface area contributed by atoms with E-state index >= 15 is 0 Å². The van der Waals surface area contributed by atoms with Crippen LogP contribution in [0.1, 0.15) is 61.9 Å². The highest BCUT2D eigenvalue weighted by molar-refractivity contribution is 5.94. The van der Waals surface area contributed by atoms with E-state index in [1.165, 1.54) is 23.5 Å². The molecular formula is C28H43ClN10O5. The number of piperidine rings is 2. The van der Waals surface area contributed by atoms with Gasteiger partial charge in [0, 0.05) is 64.1 Å². The summed E-state index contributed by atoms with van der Waals surface area (Å²) >= 11 is 0. The van der Waals surface area contributed by atoms with Gasteiger partial charge in [0.05, 0.1) is 19.2 Å². The standard InChI is InChI=1S/C28H42N10O5.ClH/c29-28(30)37-12-3-4-19(17-37)15-34-23(39)14-21(35-24(40)18-36-11-2-1-5-25(36)41)27(43)38(20-6-7-20)13-10-33-26(42)22-16-31-8-9-32-22;/h8-9,16,19-21H,1-7,10-15,17-18H2,(H3,29,30)(H,33,42)(H,34,39)(H,35,40);1H/t19-,21-;/m0./s1. The van der Waals surface area contributed by atoms with Crippen LogP contribution >= 0.6 is 12.4 Å². The molecule has 3 aliphatic rings. The molecule has 3 fully saturated rings. The summed E-state index contributed by atoms with van der Waals surface area (Å²) in [5, 5.41) is 16.0. The van der Waals surface area contributed by atoms with Crippen LogP contribution < -0.4 is 21.7 Å². The first-order valence-corrected chi connectivity index (χ1v) is 15.0. The molecule has 44 heavy (non-hydrogen) atoms. The van der Waals surface area contributed by atoms with E-state index < -0.39 is 23.8 Å². The van der Waals surface area contributed by atoms with Crippen molar-refractivity contribution in [2.75, 3.05) is 45.8 Å². The molecule has 1 aromatic heterocycles. The first kappa shape index (κ1) is 34.5. The summed E-state index contributed by atoms with van der Waals surface area (Å²) in [6.07, 6.45) is 9.24. The number of likely N-dealkylation sites (tertiary alicyclic amines) is 2. The van der Waals surface area contributed by atoms with E-state index in [-0.39, 0.29) is 73.9 Å². The summed E-state index contributed by atoms with van der Waals surface area (Å²) in [5.74, 6) is -1.71. The highest BCUT2D eigenvalue weighted by Gasteiger charge is 2.37. The SMILES string of the molecule is Cl.N=C(N)N1CCC[C@@H](CNC(=O)C[C@H](NC(=O)CN2CCCCC2=O)C(=O)N(CCNC(=O)c2cnccn2)C2CC2)C1. The zero-order valence-electron chi connectivity index (χ0n) is 24.8. The lowest BCUT2D eigenvalue weighted by molar-refractivity contribution is -0.141. The van der Waals surface area contributed by atoms with Gasteiger partial charge in [0.25, 0.3) is 5.91 Å². The lowest BCUT2D eigenvalue weighted by Gasteiger charge is -2.33. The summed E-state index contributed by atoms with van der Waals surface area (Å²) in [7, 11) is 0. The third-order valence-corrected chi connectivity index (χ3v) is 7.93. The smallest absolute Gasteiger partial charge is 0.271 e. The lowest BCUT2D eigenvalue weighted by atomic mass is 9.98. The number of carbonyl (C=O) groups is 5.